The lowest BCUT2D eigenvalue weighted by molar-refractivity contribution is 0.447. The number of hydrogen-bond acceptors (Lipinski definition) is 3. The predicted molar refractivity (Wildman–Crippen MR) is 75.6 cm³/mol. The van der Waals surface area contributed by atoms with Crippen LogP contribution in [0, 0.1) is 31.3 Å². The minimum atomic E-state index is -1.48. The molecule has 0 atom stereocenters. The van der Waals surface area contributed by atoms with E-state index >= 15 is 0 Å². The van der Waals surface area contributed by atoms with Gasteiger partial charge >= 0.3 is 0 Å². The Kier molecular flexibility index (Phi) is 4.45. The number of nitrogens with one attached hydrogen (secondary N) is 1. The number of rotatable bonds is 4. The lowest BCUT2D eigenvalue weighted by atomic mass is 10.0. The summed E-state index contributed by atoms with van der Waals surface area (Å²) in [5, 5.41) is 11.2. The van der Waals surface area contributed by atoms with Crippen molar-refractivity contribution in [2.24, 2.45) is 0 Å². The fourth-order valence-electron chi connectivity index (χ4n) is 1.98. The maximum absolute atomic E-state index is 13.3. The Labute approximate surface area is 121 Å². The molecule has 0 fully saturated rings. The van der Waals surface area contributed by atoms with Crippen molar-refractivity contribution in [3.63, 3.8) is 0 Å². The van der Waals surface area contributed by atoms with Gasteiger partial charge in [-0.05, 0) is 43.5 Å². The van der Waals surface area contributed by atoms with Gasteiger partial charge in [0.25, 0.3) is 0 Å². The SMILES string of the molecule is CCCNc1nnc(-c2cc(F)c(F)c(F)c2)c(C)c1C. The van der Waals surface area contributed by atoms with E-state index in [0.29, 0.717) is 11.5 Å². The molecular weight excluding hydrogens is 279 g/mol. The second-order valence-corrected chi connectivity index (χ2v) is 4.83. The number of benzene rings is 1. The summed E-state index contributed by atoms with van der Waals surface area (Å²) < 4.78 is 39.7. The van der Waals surface area contributed by atoms with E-state index < -0.39 is 17.5 Å². The Hall–Kier alpha value is -2.11. The minimum Gasteiger partial charge on any atom is -0.368 e. The van der Waals surface area contributed by atoms with E-state index in [1.54, 1.807) is 6.92 Å². The van der Waals surface area contributed by atoms with Crippen LogP contribution in [0.15, 0.2) is 12.1 Å². The van der Waals surface area contributed by atoms with Gasteiger partial charge in [0.05, 0.1) is 5.69 Å². The standard InChI is InChI=1S/C15H16F3N3/c1-4-5-19-15-9(3)8(2)14(20-21-15)10-6-11(16)13(18)12(17)7-10/h6-7H,4-5H2,1-3H3,(H,19,21). The second-order valence-electron chi connectivity index (χ2n) is 4.83. The van der Waals surface area contributed by atoms with Crippen LogP contribution in [-0.2, 0) is 0 Å². The van der Waals surface area contributed by atoms with Crippen molar-refractivity contribution < 1.29 is 13.2 Å². The van der Waals surface area contributed by atoms with E-state index in [-0.39, 0.29) is 5.56 Å². The first kappa shape index (κ1) is 15.3. The Bertz CT molecular complexity index is 648. The molecule has 3 nitrogen and oxygen atoms in total. The maximum atomic E-state index is 13.3. The van der Waals surface area contributed by atoms with E-state index in [0.717, 1.165) is 36.2 Å². The average molecular weight is 295 g/mol. The minimum absolute atomic E-state index is 0.168. The molecule has 1 N–H and O–H groups in total. The highest BCUT2D eigenvalue weighted by atomic mass is 19.2. The highest BCUT2D eigenvalue weighted by molar-refractivity contribution is 5.66. The van der Waals surface area contributed by atoms with Gasteiger partial charge in [0.2, 0.25) is 0 Å². The molecular formula is C15H16F3N3. The number of halogens is 3. The molecule has 0 saturated heterocycles. The van der Waals surface area contributed by atoms with Crippen LogP contribution in [0.3, 0.4) is 0 Å². The van der Waals surface area contributed by atoms with Gasteiger partial charge in [0, 0.05) is 12.1 Å². The van der Waals surface area contributed by atoms with Crippen LogP contribution in [-0.4, -0.2) is 16.7 Å². The normalized spacial score (nSPS) is 10.8. The van der Waals surface area contributed by atoms with Gasteiger partial charge in [-0.15, -0.1) is 10.2 Å². The quantitative estimate of drug-likeness (QED) is 0.866. The van der Waals surface area contributed by atoms with E-state index in [2.05, 4.69) is 15.5 Å². The Morgan fingerprint density at radius 1 is 1.00 bits per heavy atom. The number of hydrogen-bond donors (Lipinski definition) is 1. The predicted octanol–water partition coefficient (Wildman–Crippen LogP) is 4.00. The molecule has 0 aliphatic carbocycles. The van der Waals surface area contributed by atoms with E-state index in [9.17, 15) is 13.2 Å². The first-order chi connectivity index (χ1) is 9.95. The van der Waals surface area contributed by atoms with E-state index in [1.165, 1.54) is 0 Å². The molecule has 2 rings (SSSR count). The maximum Gasteiger partial charge on any atom is 0.194 e. The van der Waals surface area contributed by atoms with Crippen LogP contribution in [0.4, 0.5) is 19.0 Å². The summed E-state index contributed by atoms with van der Waals surface area (Å²) in [6, 6.07) is 1.85. The van der Waals surface area contributed by atoms with Crippen molar-refractivity contribution in [3.8, 4) is 11.3 Å². The monoisotopic (exact) mass is 295 g/mol. The molecule has 0 aliphatic rings. The van der Waals surface area contributed by atoms with Crippen LogP contribution in [0.1, 0.15) is 24.5 Å². The summed E-state index contributed by atoms with van der Waals surface area (Å²) in [4.78, 5) is 0. The Morgan fingerprint density at radius 3 is 2.19 bits per heavy atom. The highest BCUT2D eigenvalue weighted by Crippen LogP contribution is 2.28. The largest absolute Gasteiger partial charge is 0.368 e. The summed E-state index contributed by atoms with van der Waals surface area (Å²) in [7, 11) is 0. The molecule has 0 unspecified atom stereocenters. The van der Waals surface area contributed by atoms with Crippen LogP contribution in [0.2, 0.25) is 0 Å². The Morgan fingerprint density at radius 2 is 1.62 bits per heavy atom. The number of anilines is 1. The van der Waals surface area contributed by atoms with Crippen molar-refractivity contribution in [3.05, 3.63) is 40.7 Å². The third-order valence-corrected chi connectivity index (χ3v) is 3.32. The van der Waals surface area contributed by atoms with Gasteiger partial charge < -0.3 is 5.32 Å². The first-order valence-electron chi connectivity index (χ1n) is 6.68. The molecule has 0 bridgehead atoms. The van der Waals surface area contributed by atoms with E-state index in [4.69, 9.17) is 0 Å². The van der Waals surface area contributed by atoms with Crippen molar-refractivity contribution in [2.45, 2.75) is 27.2 Å². The summed E-state index contributed by atoms with van der Waals surface area (Å²) in [5.41, 5.74) is 2.10. The highest BCUT2D eigenvalue weighted by Gasteiger charge is 2.16. The van der Waals surface area contributed by atoms with Crippen LogP contribution >= 0.6 is 0 Å². The topological polar surface area (TPSA) is 37.8 Å². The van der Waals surface area contributed by atoms with Gasteiger partial charge in [-0.1, -0.05) is 6.92 Å². The molecule has 0 aliphatic heterocycles. The summed E-state index contributed by atoms with van der Waals surface area (Å²) in [6.07, 6.45) is 0.941. The molecule has 1 aromatic heterocycles. The van der Waals surface area contributed by atoms with Gasteiger partial charge in [-0.2, -0.15) is 0 Å². The molecule has 0 spiro atoms. The lowest BCUT2D eigenvalue weighted by Gasteiger charge is -2.12. The molecule has 0 radical (unpaired) electrons. The third kappa shape index (κ3) is 2.99. The fourth-order valence-corrected chi connectivity index (χ4v) is 1.98. The third-order valence-electron chi connectivity index (χ3n) is 3.32. The molecule has 6 heteroatoms. The van der Waals surface area contributed by atoms with Gasteiger partial charge in [-0.25, -0.2) is 13.2 Å². The smallest absolute Gasteiger partial charge is 0.194 e. The van der Waals surface area contributed by atoms with Crippen LogP contribution in [0.25, 0.3) is 11.3 Å². The Balaban J connectivity index is 2.48. The van der Waals surface area contributed by atoms with Crippen LogP contribution in [0.5, 0.6) is 0 Å². The fraction of sp³-hybridized carbons (Fsp3) is 0.333. The van der Waals surface area contributed by atoms with Crippen molar-refractivity contribution in [2.75, 3.05) is 11.9 Å². The molecule has 112 valence electrons. The summed E-state index contributed by atoms with van der Waals surface area (Å²) >= 11 is 0. The van der Waals surface area contributed by atoms with Crippen LogP contribution < -0.4 is 5.32 Å². The van der Waals surface area contributed by atoms with Crippen molar-refractivity contribution >= 4 is 5.82 Å². The van der Waals surface area contributed by atoms with Crippen molar-refractivity contribution in [1.29, 1.82) is 0 Å². The van der Waals surface area contributed by atoms with Gasteiger partial charge in [0.15, 0.2) is 23.3 Å². The molecule has 21 heavy (non-hydrogen) atoms. The molecule has 2 aromatic rings. The molecule has 1 aromatic carbocycles. The zero-order chi connectivity index (χ0) is 15.6. The van der Waals surface area contributed by atoms with Crippen molar-refractivity contribution in [1.82, 2.24) is 10.2 Å². The van der Waals surface area contributed by atoms with Gasteiger partial charge in [0.1, 0.15) is 0 Å². The average Bonchev–Trinajstić information content (AvgIpc) is 2.46. The number of aromatic nitrogens is 2. The lowest BCUT2D eigenvalue weighted by Crippen LogP contribution is -2.07. The van der Waals surface area contributed by atoms with Gasteiger partial charge in [-0.3, -0.25) is 0 Å². The van der Waals surface area contributed by atoms with E-state index in [1.807, 2.05) is 13.8 Å². The summed E-state index contributed by atoms with van der Waals surface area (Å²) in [5.74, 6) is -3.32. The molecule has 0 amide bonds. The molecule has 0 saturated carbocycles. The number of nitrogens with zero attached hydrogens (tertiary/aromatic N) is 2. The second kappa shape index (κ2) is 6.11. The zero-order valence-electron chi connectivity index (χ0n) is 12.1. The summed E-state index contributed by atoms with van der Waals surface area (Å²) in [6.45, 7) is 6.42. The zero-order valence-corrected chi connectivity index (χ0v) is 12.1. The first-order valence-corrected chi connectivity index (χ1v) is 6.68. The molecule has 1 heterocycles.